The lowest BCUT2D eigenvalue weighted by atomic mass is 9.90. The van der Waals surface area contributed by atoms with Crippen LogP contribution in [0.15, 0.2) is 39.9 Å². The SMILES string of the molecule is Cn1c(C(=O)N2CCC[C@H](c3ccc(C(=O)O)cc3)C2)cc(=O)n(C)c1=O. The summed E-state index contributed by atoms with van der Waals surface area (Å²) >= 11 is 0. The van der Waals surface area contributed by atoms with Crippen LogP contribution in [-0.2, 0) is 14.1 Å². The second kappa shape index (κ2) is 7.22. The van der Waals surface area contributed by atoms with Crippen molar-refractivity contribution >= 4 is 11.9 Å². The number of carbonyl (C=O) groups is 2. The molecule has 1 N–H and O–H groups in total. The molecule has 0 bridgehead atoms. The van der Waals surface area contributed by atoms with Gasteiger partial charge in [0, 0.05) is 39.2 Å². The predicted molar refractivity (Wildman–Crippen MR) is 98.2 cm³/mol. The molecule has 27 heavy (non-hydrogen) atoms. The van der Waals surface area contributed by atoms with Crippen LogP contribution in [0.5, 0.6) is 0 Å². The molecule has 1 aliphatic heterocycles. The molecule has 8 nitrogen and oxygen atoms in total. The fraction of sp³-hybridized carbons (Fsp3) is 0.368. The van der Waals surface area contributed by atoms with Crippen LogP contribution in [-0.4, -0.2) is 44.1 Å². The number of carboxylic acid groups (broad SMARTS) is 1. The quantitative estimate of drug-likeness (QED) is 0.860. The number of piperidine rings is 1. The van der Waals surface area contributed by atoms with Gasteiger partial charge in [0.15, 0.2) is 0 Å². The van der Waals surface area contributed by atoms with Gasteiger partial charge >= 0.3 is 11.7 Å². The lowest BCUT2D eigenvalue weighted by Crippen LogP contribution is -2.44. The number of carbonyl (C=O) groups excluding carboxylic acids is 1. The average molecular weight is 371 g/mol. The van der Waals surface area contributed by atoms with E-state index in [4.69, 9.17) is 5.11 Å². The maximum Gasteiger partial charge on any atom is 0.335 e. The topological polar surface area (TPSA) is 102 Å². The van der Waals surface area contributed by atoms with Crippen molar-refractivity contribution in [1.82, 2.24) is 14.0 Å². The zero-order valence-electron chi connectivity index (χ0n) is 15.2. The van der Waals surface area contributed by atoms with Gasteiger partial charge in [-0.3, -0.25) is 18.7 Å². The molecule has 1 aromatic carbocycles. The van der Waals surface area contributed by atoms with Crippen molar-refractivity contribution < 1.29 is 14.7 Å². The third-order valence-electron chi connectivity index (χ3n) is 5.08. The van der Waals surface area contributed by atoms with Gasteiger partial charge in [-0.05, 0) is 30.5 Å². The van der Waals surface area contributed by atoms with E-state index in [-0.39, 0.29) is 23.1 Å². The van der Waals surface area contributed by atoms with Gasteiger partial charge in [-0.1, -0.05) is 12.1 Å². The molecule has 0 aliphatic carbocycles. The van der Waals surface area contributed by atoms with E-state index in [2.05, 4.69) is 0 Å². The molecule has 0 spiro atoms. The number of benzene rings is 1. The zero-order valence-corrected chi connectivity index (χ0v) is 15.2. The molecule has 1 aromatic heterocycles. The van der Waals surface area contributed by atoms with Gasteiger partial charge in [-0.15, -0.1) is 0 Å². The predicted octanol–water partition coefficient (Wildman–Crippen LogP) is 0.802. The monoisotopic (exact) mass is 371 g/mol. The first-order valence-electron chi connectivity index (χ1n) is 8.69. The summed E-state index contributed by atoms with van der Waals surface area (Å²) < 4.78 is 2.15. The molecular formula is C19H21N3O5. The first-order valence-corrected chi connectivity index (χ1v) is 8.69. The largest absolute Gasteiger partial charge is 0.478 e. The molecule has 8 heteroatoms. The first-order chi connectivity index (χ1) is 12.8. The number of hydrogen-bond donors (Lipinski definition) is 1. The van der Waals surface area contributed by atoms with E-state index in [0.29, 0.717) is 13.1 Å². The minimum Gasteiger partial charge on any atom is -0.478 e. The van der Waals surface area contributed by atoms with Crippen molar-refractivity contribution in [2.24, 2.45) is 14.1 Å². The Morgan fingerprint density at radius 3 is 2.37 bits per heavy atom. The third kappa shape index (κ3) is 3.55. The summed E-state index contributed by atoms with van der Waals surface area (Å²) in [4.78, 5) is 49.5. The molecule has 1 fully saturated rings. The normalized spacial score (nSPS) is 17.0. The Bertz CT molecular complexity index is 1000. The van der Waals surface area contributed by atoms with Gasteiger partial charge in [-0.25, -0.2) is 9.59 Å². The fourth-order valence-electron chi connectivity index (χ4n) is 3.43. The molecule has 1 saturated heterocycles. The number of nitrogens with zero attached hydrogens (tertiary/aromatic N) is 3. The van der Waals surface area contributed by atoms with Crippen molar-refractivity contribution in [3.05, 3.63) is 68.0 Å². The number of hydrogen-bond acceptors (Lipinski definition) is 4. The summed E-state index contributed by atoms with van der Waals surface area (Å²) in [6, 6.07) is 7.85. The highest BCUT2D eigenvalue weighted by Gasteiger charge is 2.27. The fourth-order valence-corrected chi connectivity index (χ4v) is 3.43. The molecule has 142 valence electrons. The molecule has 1 atom stereocenters. The number of amides is 1. The van der Waals surface area contributed by atoms with Crippen molar-refractivity contribution in [3.8, 4) is 0 Å². The maximum atomic E-state index is 12.9. The van der Waals surface area contributed by atoms with E-state index in [0.717, 1.165) is 23.0 Å². The second-order valence-corrected chi connectivity index (χ2v) is 6.79. The second-order valence-electron chi connectivity index (χ2n) is 6.79. The molecule has 0 unspecified atom stereocenters. The van der Waals surface area contributed by atoms with Gasteiger partial charge < -0.3 is 10.0 Å². The summed E-state index contributed by atoms with van der Waals surface area (Å²) in [7, 11) is 2.84. The highest BCUT2D eigenvalue weighted by molar-refractivity contribution is 5.92. The molecule has 0 radical (unpaired) electrons. The van der Waals surface area contributed by atoms with Gasteiger partial charge in [-0.2, -0.15) is 0 Å². The van der Waals surface area contributed by atoms with Crippen molar-refractivity contribution in [2.75, 3.05) is 13.1 Å². The Morgan fingerprint density at radius 2 is 1.74 bits per heavy atom. The minimum absolute atomic E-state index is 0.0741. The number of likely N-dealkylation sites (tertiary alicyclic amines) is 1. The summed E-state index contributed by atoms with van der Waals surface area (Å²) in [5, 5.41) is 9.01. The molecule has 3 rings (SSSR count). The van der Waals surface area contributed by atoms with E-state index in [9.17, 15) is 19.2 Å². The van der Waals surface area contributed by atoms with Crippen LogP contribution >= 0.6 is 0 Å². The van der Waals surface area contributed by atoms with Crippen molar-refractivity contribution in [2.45, 2.75) is 18.8 Å². The van der Waals surface area contributed by atoms with Gasteiger partial charge in [0.25, 0.3) is 11.5 Å². The van der Waals surface area contributed by atoms with Crippen molar-refractivity contribution in [1.29, 1.82) is 0 Å². The van der Waals surface area contributed by atoms with Gasteiger partial charge in [0.05, 0.1) is 5.56 Å². The standard InChI is InChI=1S/C19H21N3O5/c1-20-15(10-16(23)21(2)19(20)27)17(24)22-9-3-4-14(11-22)12-5-7-13(8-6-12)18(25)26/h5-8,10,14H,3-4,9,11H2,1-2H3,(H,25,26)/t14-/m0/s1. The lowest BCUT2D eigenvalue weighted by Gasteiger charge is -2.33. The van der Waals surface area contributed by atoms with Crippen LogP contribution < -0.4 is 11.2 Å². The number of carboxylic acids is 1. The van der Waals surface area contributed by atoms with E-state index in [1.54, 1.807) is 29.2 Å². The summed E-state index contributed by atoms with van der Waals surface area (Å²) in [5.41, 5.74) is 0.209. The Kier molecular flexibility index (Phi) is 4.98. The summed E-state index contributed by atoms with van der Waals surface area (Å²) in [5.74, 6) is -1.25. The van der Waals surface area contributed by atoms with Crippen LogP contribution in [0.3, 0.4) is 0 Å². The molecule has 2 heterocycles. The van der Waals surface area contributed by atoms with Gasteiger partial charge in [0.1, 0.15) is 5.69 Å². The maximum absolute atomic E-state index is 12.9. The highest BCUT2D eigenvalue weighted by Crippen LogP contribution is 2.27. The molecule has 0 saturated carbocycles. The van der Waals surface area contributed by atoms with Crippen LogP contribution in [0.1, 0.15) is 45.2 Å². The Morgan fingerprint density at radius 1 is 1.07 bits per heavy atom. The van der Waals surface area contributed by atoms with Crippen LogP contribution in [0, 0.1) is 0 Å². The van der Waals surface area contributed by atoms with E-state index in [1.807, 2.05) is 0 Å². The summed E-state index contributed by atoms with van der Waals surface area (Å²) in [6.07, 6.45) is 1.67. The minimum atomic E-state index is -0.978. The number of aromatic nitrogens is 2. The number of rotatable bonds is 3. The van der Waals surface area contributed by atoms with Crippen LogP contribution in [0.4, 0.5) is 0 Å². The molecule has 1 aliphatic rings. The smallest absolute Gasteiger partial charge is 0.335 e. The van der Waals surface area contributed by atoms with E-state index >= 15 is 0 Å². The Hall–Kier alpha value is -3.16. The Balaban J connectivity index is 1.84. The lowest BCUT2D eigenvalue weighted by molar-refractivity contribution is 0.0689. The molecule has 2 aromatic rings. The van der Waals surface area contributed by atoms with Gasteiger partial charge in [0.2, 0.25) is 0 Å². The molecular weight excluding hydrogens is 350 g/mol. The first kappa shape index (κ1) is 18.6. The third-order valence-corrected chi connectivity index (χ3v) is 5.08. The Labute approximate surface area is 155 Å². The van der Waals surface area contributed by atoms with Crippen LogP contribution in [0.25, 0.3) is 0 Å². The highest BCUT2D eigenvalue weighted by atomic mass is 16.4. The molecule has 1 amide bonds. The van der Waals surface area contributed by atoms with E-state index in [1.165, 1.54) is 24.7 Å². The van der Waals surface area contributed by atoms with E-state index < -0.39 is 17.2 Å². The summed E-state index contributed by atoms with van der Waals surface area (Å²) in [6.45, 7) is 1.00. The van der Waals surface area contributed by atoms with Crippen molar-refractivity contribution in [3.63, 3.8) is 0 Å². The number of aromatic carboxylic acids is 1. The van der Waals surface area contributed by atoms with Crippen LogP contribution in [0.2, 0.25) is 0 Å². The average Bonchev–Trinajstić information content (AvgIpc) is 2.68. The zero-order chi connectivity index (χ0) is 19.7.